The van der Waals surface area contributed by atoms with Crippen molar-refractivity contribution in [3.63, 3.8) is 0 Å². The standard InChI is InChI=1S/C11H10BrClN2O2/c1-5(14)11(16)17-8-4-15-7-3-2-6(12)10(13)9(7)8/h2-5,15H,14H2,1H3. The summed E-state index contributed by atoms with van der Waals surface area (Å²) in [4.78, 5) is 14.4. The van der Waals surface area contributed by atoms with Crippen molar-refractivity contribution in [2.75, 3.05) is 0 Å². The summed E-state index contributed by atoms with van der Waals surface area (Å²) in [5.41, 5.74) is 6.23. The van der Waals surface area contributed by atoms with Crippen LogP contribution >= 0.6 is 27.5 Å². The average molecular weight is 318 g/mol. The first-order chi connectivity index (χ1) is 8.00. The van der Waals surface area contributed by atoms with Gasteiger partial charge in [-0.05, 0) is 35.0 Å². The molecule has 0 bridgehead atoms. The van der Waals surface area contributed by atoms with E-state index in [1.54, 1.807) is 13.1 Å². The van der Waals surface area contributed by atoms with Crippen LogP contribution in [-0.4, -0.2) is 17.0 Å². The molecule has 0 saturated heterocycles. The summed E-state index contributed by atoms with van der Waals surface area (Å²) in [7, 11) is 0. The van der Waals surface area contributed by atoms with Crippen molar-refractivity contribution in [3.8, 4) is 5.75 Å². The maximum atomic E-state index is 11.4. The lowest BCUT2D eigenvalue weighted by molar-refractivity contribution is -0.135. The highest BCUT2D eigenvalue weighted by atomic mass is 79.9. The second kappa shape index (κ2) is 4.68. The van der Waals surface area contributed by atoms with Crippen molar-refractivity contribution in [1.82, 2.24) is 4.98 Å². The van der Waals surface area contributed by atoms with Crippen LogP contribution in [0, 0.1) is 0 Å². The number of fused-ring (bicyclic) bond motifs is 1. The van der Waals surface area contributed by atoms with Crippen molar-refractivity contribution >= 4 is 44.4 Å². The summed E-state index contributed by atoms with van der Waals surface area (Å²) in [5, 5.41) is 1.16. The molecule has 0 fully saturated rings. The molecule has 0 aliphatic rings. The van der Waals surface area contributed by atoms with E-state index in [-0.39, 0.29) is 0 Å². The van der Waals surface area contributed by atoms with Crippen LogP contribution in [0.25, 0.3) is 10.9 Å². The first-order valence-corrected chi connectivity index (χ1v) is 6.10. The molecule has 2 rings (SSSR count). The topological polar surface area (TPSA) is 68.1 Å². The van der Waals surface area contributed by atoms with E-state index in [9.17, 15) is 4.79 Å². The van der Waals surface area contributed by atoms with Crippen molar-refractivity contribution in [1.29, 1.82) is 0 Å². The second-order valence-electron chi connectivity index (χ2n) is 3.65. The van der Waals surface area contributed by atoms with Crippen molar-refractivity contribution in [3.05, 3.63) is 27.8 Å². The lowest BCUT2D eigenvalue weighted by atomic mass is 10.2. The van der Waals surface area contributed by atoms with E-state index in [1.165, 1.54) is 0 Å². The molecule has 1 heterocycles. The number of esters is 1. The van der Waals surface area contributed by atoms with Gasteiger partial charge in [-0.3, -0.25) is 0 Å². The minimum Gasteiger partial charge on any atom is -0.423 e. The first kappa shape index (κ1) is 12.4. The summed E-state index contributed by atoms with van der Waals surface area (Å²) in [6.45, 7) is 1.56. The fraction of sp³-hybridized carbons (Fsp3) is 0.182. The number of ether oxygens (including phenoxy) is 1. The molecule has 1 unspecified atom stereocenters. The van der Waals surface area contributed by atoms with Gasteiger partial charge in [0.2, 0.25) is 0 Å². The van der Waals surface area contributed by atoms with Gasteiger partial charge in [0, 0.05) is 10.7 Å². The number of aromatic nitrogens is 1. The number of nitrogens with two attached hydrogens (primary N) is 1. The molecule has 1 atom stereocenters. The van der Waals surface area contributed by atoms with Crippen molar-refractivity contribution < 1.29 is 9.53 Å². The van der Waals surface area contributed by atoms with Crippen molar-refractivity contribution in [2.24, 2.45) is 5.73 Å². The average Bonchev–Trinajstić information content (AvgIpc) is 2.67. The van der Waals surface area contributed by atoms with Gasteiger partial charge in [-0.1, -0.05) is 11.6 Å². The molecule has 0 spiro atoms. The van der Waals surface area contributed by atoms with E-state index in [4.69, 9.17) is 22.1 Å². The monoisotopic (exact) mass is 316 g/mol. The zero-order chi connectivity index (χ0) is 12.6. The van der Waals surface area contributed by atoms with Crippen LogP contribution in [0.5, 0.6) is 5.75 Å². The van der Waals surface area contributed by atoms with Gasteiger partial charge in [-0.2, -0.15) is 0 Å². The van der Waals surface area contributed by atoms with Gasteiger partial charge in [-0.15, -0.1) is 0 Å². The molecule has 90 valence electrons. The Labute approximate surface area is 111 Å². The van der Waals surface area contributed by atoms with Crippen LogP contribution in [0.1, 0.15) is 6.92 Å². The highest BCUT2D eigenvalue weighted by Gasteiger charge is 2.16. The quantitative estimate of drug-likeness (QED) is 0.837. The number of aromatic amines is 1. The molecule has 1 aromatic carbocycles. The predicted octanol–water partition coefficient (Wildman–Crippen LogP) is 2.84. The third kappa shape index (κ3) is 2.31. The number of hydrogen-bond donors (Lipinski definition) is 2. The minimum atomic E-state index is -0.675. The van der Waals surface area contributed by atoms with E-state index in [1.807, 2.05) is 12.1 Å². The smallest absolute Gasteiger partial charge is 0.328 e. The van der Waals surface area contributed by atoms with E-state index in [2.05, 4.69) is 20.9 Å². The van der Waals surface area contributed by atoms with Gasteiger partial charge < -0.3 is 15.5 Å². The number of hydrogen-bond acceptors (Lipinski definition) is 3. The molecular weight excluding hydrogens is 307 g/mol. The molecule has 0 aliphatic heterocycles. The molecule has 0 amide bonds. The van der Waals surface area contributed by atoms with Gasteiger partial charge in [-0.25, -0.2) is 4.79 Å². The zero-order valence-electron chi connectivity index (χ0n) is 8.96. The fourth-order valence-corrected chi connectivity index (χ4v) is 2.00. The number of nitrogens with one attached hydrogen (secondary N) is 1. The number of halogens is 2. The SMILES string of the molecule is CC(N)C(=O)Oc1c[nH]c2ccc(Br)c(Cl)c12. The van der Waals surface area contributed by atoms with Crippen LogP contribution in [0.4, 0.5) is 0 Å². The molecule has 3 N–H and O–H groups in total. The molecular formula is C11H10BrClN2O2. The molecule has 0 aliphatic carbocycles. The van der Waals surface area contributed by atoms with Crippen molar-refractivity contribution in [2.45, 2.75) is 13.0 Å². The minimum absolute atomic E-state index is 0.383. The number of H-pyrrole nitrogens is 1. The molecule has 2 aromatic rings. The maximum absolute atomic E-state index is 11.4. The summed E-state index contributed by atoms with van der Waals surface area (Å²) < 4.78 is 5.90. The molecule has 0 radical (unpaired) electrons. The number of carbonyl (C=O) groups excluding carboxylic acids is 1. The largest absolute Gasteiger partial charge is 0.423 e. The molecule has 1 aromatic heterocycles. The third-order valence-corrected chi connectivity index (χ3v) is 3.56. The normalized spacial score (nSPS) is 12.7. The van der Waals surface area contributed by atoms with Gasteiger partial charge in [0.1, 0.15) is 6.04 Å². The summed E-state index contributed by atoms with van der Waals surface area (Å²) >= 11 is 9.47. The fourth-order valence-electron chi connectivity index (χ4n) is 1.41. The summed E-state index contributed by atoms with van der Waals surface area (Å²) in [6, 6.07) is 2.98. The maximum Gasteiger partial charge on any atom is 0.328 e. The highest BCUT2D eigenvalue weighted by molar-refractivity contribution is 9.10. The van der Waals surface area contributed by atoms with Crippen LogP contribution in [0.15, 0.2) is 22.8 Å². The summed E-state index contributed by atoms with van der Waals surface area (Å²) in [5.74, 6) is -0.115. The van der Waals surface area contributed by atoms with Gasteiger partial charge in [0.15, 0.2) is 5.75 Å². The van der Waals surface area contributed by atoms with Crippen LogP contribution in [0.3, 0.4) is 0 Å². The third-order valence-electron chi connectivity index (χ3n) is 2.28. The Kier molecular flexibility index (Phi) is 3.42. The van der Waals surface area contributed by atoms with E-state index in [0.29, 0.717) is 16.2 Å². The molecule has 4 nitrogen and oxygen atoms in total. The van der Waals surface area contributed by atoms with E-state index < -0.39 is 12.0 Å². The molecule has 0 saturated carbocycles. The summed E-state index contributed by atoms with van der Waals surface area (Å²) in [6.07, 6.45) is 1.59. The molecule has 17 heavy (non-hydrogen) atoms. The molecule has 6 heteroatoms. The Morgan fingerprint density at radius 3 is 2.94 bits per heavy atom. The lowest BCUT2D eigenvalue weighted by Gasteiger charge is -2.06. The van der Waals surface area contributed by atoms with Gasteiger partial charge in [0.05, 0.1) is 15.9 Å². The first-order valence-electron chi connectivity index (χ1n) is 4.93. The van der Waals surface area contributed by atoms with Gasteiger partial charge in [0.25, 0.3) is 0 Å². The number of benzene rings is 1. The van der Waals surface area contributed by atoms with E-state index in [0.717, 1.165) is 9.99 Å². The Morgan fingerprint density at radius 1 is 1.59 bits per heavy atom. The Morgan fingerprint density at radius 2 is 2.29 bits per heavy atom. The Hall–Kier alpha value is -1.04. The number of carbonyl (C=O) groups is 1. The lowest BCUT2D eigenvalue weighted by Crippen LogP contribution is -2.30. The second-order valence-corrected chi connectivity index (χ2v) is 4.88. The Bertz CT molecular complexity index is 580. The van der Waals surface area contributed by atoms with Crippen LogP contribution < -0.4 is 10.5 Å². The predicted molar refractivity (Wildman–Crippen MR) is 70.3 cm³/mol. The Balaban J connectivity index is 2.48. The highest BCUT2D eigenvalue weighted by Crippen LogP contribution is 2.36. The zero-order valence-corrected chi connectivity index (χ0v) is 11.3. The number of rotatable bonds is 2. The van der Waals surface area contributed by atoms with E-state index >= 15 is 0 Å². The van der Waals surface area contributed by atoms with Crippen LogP contribution in [0.2, 0.25) is 5.02 Å². The van der Waals surface area contributed by atoms with Crippen LogP contribution in [-0.2, 0) is 4.79 Å². The van der Waals surface area contributed by atoms with Gasteiger partial charge >= 0.3 is 5.97 Å².